The summed E-state index contributed by atoms with van der Waals surface area (Å²) >= 11 is 1.49. The van der Waals surface area contributed by atoms with Gasteiger partial charge in [0.05, 0.1) is 15.9 Å². The number of carbonyl (C=O) groups is 1. The lowest BCUT2D eigenvalue weighted by Gasteiger charge is -2.33. The van der Waals surface area contributed by atoms with E-state index in [1.54, 1.807) is 29.2 Å². The number of amides is 1. The van der Waals surface area contributed by atoms with Crippen molar-refractivity contribution in [1.29, 1.82) is 0 Å². The maximum atomic E-state index is 12.8. The first-order valence-corrected chi connectivity index (χ1v) is 11.8. The smallest absolute Gasteiger partial charge is 0.264 e. The molecule has 1 atom stereocenters. The normalized spacial score (nSPS) is 21.2. The van der Waals surface area contributed by atoms with Gasteiger partial charge in [0.15, 0.2) is 0 Å². The van der Waals surface area contributed by atoms with Crippen molar-refractivity contribution in [2.75, 3.05) is 32.8 Å². The summed E-state index contributed by atoms with van der Waals surface area (Å²) in [5.41, 5.74) is 1.02. The fraction of sp³-hybridized carbons (Fsp3) is 0.450. The quantitative estimate of drug-likeness (QED) is 0.763. The number of sulfonamides is 1. The zero-order chi connectivity index (χ0) is 19.7. The zero-order valence-corrected chi connectivity index (χ0v) is 17.5. The van der Waals surface area contributed by atoms with E-state index in [9.17, 15) is 13.2 Å². The van der Waals surface area contributed by atoms with E-state index in [-0.39, 0.29) is 12.0 Å². The van der Waals surface area contributed by atoms with Gasteiger partial charge in [-0.15, -0.1) is 11.3 Å². The van der Waals surface area contributed by atoms with Crippen LogP contribution in [0, 0.1) is 6.92 Å². The number of hydrogen-bond acceptors (Lipinski definition) is 5. The van der Waals surface area contributed by atoms with Crippen molar-refractivity contribution in [2.45, 2.75) is 30.8 Å². The van der Waals surface area contributed by atoms with Crippen LogP contribution in [-0.2, 0) is 14.8 Å². The van der Waals surface area contributed by atoms with Crippen molar-refractivity contribution >= 4 is 27.3 Å². The van der Waals surface area contributed by atoms with Gasteiger partial charge in [0.2, 0.25) is 10.0 Å². The van der Waals surface area contributed by atoms with E-state index < -0.39 is 10.0 Å². The molecule has 2 aliphatic rings. The number of piperazine rings is 1. The molecule has 0 bridgehead atoms. The van der Waals surface area contributed by atoms with Crippen LogP contribution in [0.15, 0.2) is 41.3 Å². The Hall–Kier alpha value is -1.74. The molecule has 8 heteroatoms. The average molecular weight is 421 g/mol. The summed E-state index contributed by atoms with van der Waals surface area (Å²) in [6.45, 7) is 4.13. The molecular formula is C20H24N2O4S2. The second kappa shape index (κ2) is 7.94. The molecular weight excluding hydrogens is 396 g/mol. The average Bonchev–Trinajstić information content (AvgIpc) is 3.39. The van der Waals surface area contributed by atoms with Crippen molar-refractivity contribution < 1.29 is 17.9 Å². The standard InChI is InChI=1S/C20H24N2O4S2/c1-15-4-6-16(7-5-15)28(24,25)22-12-10-21(11-13-22)20(23)19-9-8-18(27-19)17-3-2-14-26-17/h4-9,17H,2-3,10-14H2,1H3. The van der Waals surface area contributed by atoms with Gasteiger partial charge in [0.25, 0.3) is 5.91 Å². The van der Waals surface area contributed by atoms with Gasteiger partial charge in [-0.3, -0.25) is 4.79 Å². The van der Waals surface area contributed by atoms with E-state index in [2.05, 4.69) is 0 Å². The Morgan fingerprint density at radius 3 is 2.43 bits per heavy atom. The Morgan fingerprint density at radius 1 is 1.07 bits per heavy atom. The van der Waals surface area contributed by atoms with E-state index in [1.165, 1.54) is 15.6 Å². The molecule has 28 heavy (non-hydrogen) atoms. The summed E-state index contributed by atoms with van der Waals surface area (Å²) in [6.07, 6.45) is 2.18. The molecule has 3 heterocycles. The Kier molecular flexibility index (Phi) is 5.55. The number of benzene rings is 1. The molecule has 1 unspecified atom stereocenters. The summed E-state index contributed by atoms with van der Waals surface area (Å²) < 4.78 is 32.8. The Morgan fingerprint density at radius 2 is 1.79 bits per heavy atom. The highest BCUT2D eigenvalue weighted by molar-refractivity contribution is 7.89. The van der Waals surface area contributed by atoms with Crippen LogP contribution in [0.5, 0.6) is 0 Å². The Labute approximate surface area is 169 Å². The minimum absolute atomic E-state index is 0.0263. The lowest BCUT2D eigenvalue weighted by atomic mass is 10.2. The SMILES string of the molecule is Cc1ccc(S(=O)(=O)N2CCN(C(=O)c3ccc(C4CCCO4)s3)CC2)cc1. The summed E-state index contributed by atoms with van der Waals surface area (Å²) in [5.74, 6) is -0.0263. The van der Waals surface area contributed by atoms with E-state index in [0.717, 1.165) is 29.9 Å². The van der Waals surface area contributed by atoms with E-state index >= 15 is 0 Å². The maximum Gasteiger partial charge on any atom is 0.264 e. The summed E-state index contributed by atoms with van der Waals surface area (Å²) in [7, 11) is -3.52. The van der Waals surface area contributed by atoms with Gasteiger partial charge in [-0.1, -0.05) is 17.7 Å². The predicted octanol–water partition coefficient (Wildman–Crippen LogP) is 3.05. The third kappa shape index (κ3) is 3.87. The minimum Gasteiger partial charge on any atom is -0.373 e. The fourth-order valence-corrected chi connectivity index (χ4v) is 6.07. The predicted molar refractivity (Wildman–Crippen MR) is 108 cm³/mol. The second-order valence-electron chi connectivity index (χ2n) is 7.21. The lowest BCUT2D eigenvalue weighted by Crippen LogP contribution is -2.50. The number of carbonyl (C=O) groups excluding carboxylic acids is 1. The van der Waals surface area contributed by atoms with Gasteiger partial charge in [-0.2, -0.15) is 4.31 Å². The number of rotatable bonds is 4. The molecule has 4 rings (SSSR count). The van der Waals surface area contributed by atoms with Crippen LogP contribution in [0.1, 0.15) is 39.1 Å². The molecule has 0 radical (unpaired) electrons. The molecule has 1 amide bonds. The minimum atomic E-state index is -3.52. The lowest BCUT2D eigenvalue weighted by molar-refractivity contribution is 0.0703. The van der Waals surface area contributed by atoms with Crippen LogP contribution < -0.4 is 0 Å². The van der Waals surface area contributed by atoms with Crippen LogP contribution >= 0.6 is 11.3 Å². The second-order valence-corrected chi connectivity index (χ2v) is 10.3. The van der Waals surface area contributed by atoms with Gasteiger partial charge < -0.3 is 9.64 Å². The molecule has 1 aromatic carbocycles. The van der Waals surface area contributed by atoms with E-state index in [4.69, 9.17) is 4.74 Å². The van der Waals surface area contributed by atoms with Crippen LogP contribution in [0.4, 0.5) is 0 Å². The molecule has 0 spiro atoms. The molecule has 0 N–H and O–H groups in total. The van der Waals surface area contributed by atoms with Crippen LogP contribution in [0.3, 0.4) is 0 Å². The molecule has 1 aromatic heterocycles. The van der Waals surface area contributed by atoms with Crippen molar-refractivity contribution in [3.63, 3.8) is 0 Å². The molecule has 2 aliphatic heterocycles. The van der Waals surface area contributed by atoms with Gasteiger partial charge in [-0.25, -0.2) is 8.42 Å². The third-order valence-electron chi connectivity index (χ3n) is 5.27. The molecule has 6 nitrogen and oxygen atoms in total. The monoisotopic (exact) mass is 420 g/mol. The molecule has 2 fully saturated rings. The van der Waals surface area contributed by atoms with Gasteiger partial charge in [0, 0.05) is 37.7 Å². The first-order valence-electron chi connectivity index (χ1n) is 9.52. The number of hydrogen-bond donors (Lipinski definition) is 0. The highest BCUT2D eigenvalue weighted by atomic mass is 32.2. The van der Waals surface area contributed by atoms with Crippen molar-refractivity contribution in [2.24, 2.45) is 0 Å². The molecule has 150 valence electrons. The van der Waals surface area contributed by atoms with Crippen molar-refractivity contribution in [3.05, 3.63) is 51.7 Å². The van der Waals surface area contributed by atoms with Crippen LogP contribution in [0.25, 0.3) is 0 Å². The van der Waals surface area contributed by atoms with Crippen LogP contribution in [0.2, 0.25) is 0 Å². The highest BCUT2D eigenvalue weighted by Crippen LogP contribution is 2.33. The number of nitrogens with zero attached hydrogens (tertiary/aromatic N) is 2. The van der Waals surface area contributed by atoms with Crippen LogP contribution in [-0.4, -0.2) is 56.3 Å². The molecule has 0 saturated carbocycles. The number of aryl methyl sites for hydroxylation is 1. The summed E-state index contributed by atoms with van der Waals surface area (Å²) in [5, 5.41) is 0. The molecule has 0 aliphatic carbocycles. The maximum absolute atomic E-state index is 12.8. The van der Waals surface area contributed by atoms with E-state index in [0.29, 0.717) is 36.0 Å². The molecule has 2 saturated heterocycles. The topological polar surface area (TPSA) is 66.9 Å². The molecule has 2 aromatic rings. The third-order valence-corrected chi connectivity index (χ3v) is 8.35. The Bertz CT molecular complexity index is 939. The first-order chi connectivity index (χ1) is 13.4. The summed E-state index contributed by atoms with van der Waals surface area (Å²) in [4.78, 5) is 16.7. The zero-order valence-electron chi connectivity index (χ0n) is 15.8. The number of thiophene rings is 1. The Balaban J connectivity index is 1.39. The number of ether oxygens (including phenoxy) is 1. The fourth-order valence-electron chi connectivity index (χ4n) is 3.59. The van der Waals surface area contributed by atoms with Gasteiger partial charge >= 0.3 is 0 Å². The largest absolute Gasteiger partial charge is 0.373 e. The van der Waals surface area contributed by atoms with Gasteiger partial charge in [0.1, 0.15) is 0 Å². The van der Waals surface area contributed by atoms with Crippen molar-refractivity contribution in [3.8, 4) is 0 Å². The first kappa shape index (κ1) is 19.6. The summed E-state index contributed by atoms with van der Waals surface area (Å²) in [6, 6.07) is 10.7. The van der Waals surface area contributed by atoms with Gasteiger partial charge in [-0.05, 0) is 44.0 Å². The van der Waals surface area contributed by atoms with E-state index in [1.807, 2.05) is 19.1 Å². The highest BCUT2D eigenvalue weighted by Gasteiger charge is 2.31. The van der Waals surface area contributed by atoms with Crippen molar-refractivity contribution in [1.82, 2.24) is 9.21 Å².